The van der Waals surface area contributed by atoms with Crippen molar-refractivity contribution in [2.75, 3.05) is 13.2 Å². The van der Waals surface area contributed by atoms with Gasteiger partial charge in [-0.2, -0.15) is 0 Å². The molecule has 1 atom stereocenters. The molecule has 0 N–H and O–H groups in total. The molecule has 0 bridgehead atoms. The molecule has 0 rings (SSSR count). The predicted molar refractivity (Wildman–Crippen MR) is 353 cm³/mol. The minimum absolute atomic E-state index is 0.0734. The van der Waals surface area contributed by atoms with Crippen molar-refractivity contribution in [3.63, 3.8) is 0 Å². The molecule has 0 amide bonds. The first-order chi connectivity index (χ1) is 40.0. The second kappa shape index (κ2) is 69.3. The SMILES string of the molecule is CCCCCCC/C=C\C/C=C\C/C=C\CCCCCCCCCCCCCCCCC(=O)OCC(COC(=O)CCCCCCCCCCC)OC(=O)CCCCCCCCCCCC/C=C\C/C=C\C/C=C\CCCCCCC. The van der Waals surface area contributed by atoms with Crippen LogP contribution in [0.15, 0.2) is 72.9 Å². The minimum Gasteiger partial charge on any atom is -0.462 e. The molecule has 0 aromatic rings. The Morgan fingerprint density at radius 2 is 0.444 bits per heavy atom. The summed E-state index contributed by atoms with van der Waals surface area (Å²) in [5.41, 5.74) is 0. The van der Waals surface area contributed by atoms with Crippen molar-refractivity contribution in [1.29, 1.82) is 0 Å². The van der Waals surface area contributed by atoms with Gasteiger partial charge in [-0.25, -0.2) is 0 Å². The first-order valence-electron chi connectivity index (χ1n) is 35.4. The van der Waals surface area contributed by atoms with E-state index in [-0.39, 0.29) is 31.1 Å². The van der Waals surface area contributed by atoms with E-state index in [2.05, 4.69) is 93.7 Å². The van der Waals surface area contributed by atoms with Crippen molar-refractivity contribution < 1.29 is 28.6 Å². The second-order valence-corrected chi connectivity index (χ2v) is 23.8. The second-order valence-electron chi connectivity index (χ2n) is 23.8. The van der Waals surface area contributed by atoms with Gasteiger partial charge in [0.2, 0.25) is 0 Å². The van der Waals surface area contributed by atoms with Crippen LogP contribution in [0, 0.1) is 0 Å². The Kier molecular flexibility index (Phi) is 66.6. The lowest BCUT2D eigenvalue weighted by Crippen LogP contribution is -2.30. The quantitative estimate of drug-likeness (QED) is 0.0261. The average molecular weight is 1130 g/mol. The Labute approximate surface area is 503 Å². The largest absolute Gasteiger partial charge is 0.462 e. The van der Waals surface area contributed by atoms with Crippen molar-refractivity contribution in [2.24, 2.45) is 0 Å². The highest BCUT2D eigenvalue weighted by molar-refractivity contribution is 5.71. The highest BCUT2D eigenvalue weighted by atomic mass is 16.6. The van der Waals surface area contributed by atoms with E-state index in [9.17, 15) is 14.4 Å². The Morgan fingerprint density at radius 3 is 0.691 bits per heavy atom. The first kappa shape index (κ1) is 77.9. The zero-order valence-electron chi connectivity index (χ0n) is 54.1. The van der Waals surface area contributed by atoms with Gasteiger partial charge in [-0.05, 0) is 96.3 Å². The van der Waals surface area contributed by atoms with E-state index in [1.54, 1.807) is 0 Å². The summed E-state index contributed by atoms with van der Waals surface area (Å²) in [5.74, 6) is -0.862. The summed E-state index contributed by atoms with van der Waals surface area (Å²) < 4.78 is 16.9. The van der Waals surface area contributed by atoms with Crippen LogP contribution in [0.4, 0.5) is 0 Å². The number of rotatable bonds is 65. The van der Waals surface area contributed by atoms with Gasteiger partial charge in [-0.3, -0.25) is 14.4 Å². The third-order valence-corrected chi connectivity index (χ3v) is 15.7. The van der Waals surface area contributed by atoms with Gasteiger partial charge in [0, 0.05) is 19.3 Å². The Hall–Kier alpha value is -3.15. The van der Waals surface area contributed by atoms with Gasteiger partial charge < -0.3 is 14.2 Å². The van der Waals surface area contributed by atoms with E-state index in [0.717, 1.165) is 83.5 Å². The van der Waals surface area contributed by atoms with Gasteiger partial charge in [0.25, 0.3) is 0 Å². The van der Waals surface area contributed by atoms with Gasteiger partial charge >= 0.3 is 17.9 Å². The van der Waals surface area contributed by atoms with Crippen LogP contribution in [-0.2, 0) is 28.6 Å². The molecule has 0 aliphatic carbocycles. The number of hydrogen-bond acceptors (Lipinski definition) is 6. The monoisotopic (exact) mass is 1130 g/mol. The molecule has 0 fully saturated rings. The standard InChI is InChI=1S/C75H134O6/c1-4-7-10-13-16-19-21-23-25-27-29-31-33-35-36-37-38-40-41-43-45-47-49-51-53-56-59-62-65-68-74(77)80-71-72(70-79-73(76)67-64-61-58-55-18-15-12-9-6-3)81-75(78)69-66-63-60-57-54-52-50-48-46-44-42-39-34-32-30-28-26-24-22-20-17-14-11-8-5-2/h21-24,27-30,33-35,39,72H,4-20,25-26,31-32,36-38,40-71H2,1-3H3/b23-21-,24-22-,29-27-,30-28-,35-33-,39-34-. The molecule has 0 aromatic carbocycles. The average Bonchev–Trinajstić information content (AvgIpc) is 3.47. The van der Waals surface area contributed by atoms with Crippen LogP contribution in [0.1, 0.15) is 367 Å². The number of hydrogen-bond donors (Lipinski definition) is 0. The van der Waals surface area contributed by atoms with Crippen LogP contribution < -0.4 is 0 Å². The third kappa shape index (κ3) is 67.5. The summed E-state index contributed by atoms with van der Waals surface area (Å²) in [7, 11) is 0. The molecular weight excluding hydrogens is 997 g/mol. The van der Waals surface area contributed by atoms with Crippen molar-refractivity contribution >= 4 is 17.9 Å². The van der Waals surface area contributed by atoms with Crippen LogP contribution in [0.5, 0.6) is 0 Å². The summed E-state index contributed by atoms with van der Waals surface area (Å²) in [4.78, 5) is 38.3. The van der Waals surface area contributed by atoms with E-state index < -0.39 is 6.10 Å². The van der Waals surface area contributed by atoms with Crippen LogP contribution >= 0.6 is 0 Å². The van der Waals surface area contributed by atoms with Gasteiger partial charge in [0.1, 0.15) is 13.2 Å². The third-order valence-electron chi connectivity index (χ3n) is 15.7. The molecule has 0 aliphatic rings. The summed E-state index contributed by atoms with van der Waals surface area (Å²) in [6.07, 6.45) is 90.8. The number of esters is 3. The Bertz CT molecular complexity index is 1490. The highest BCUT2D eigenvalue weighted by Crippen LogP contribution is 2.17. The molecule has 0 aromatic heterocycles. The Morgan fingerprint density at radius 1 is 0.247 bits per heavy atom. The summed E-state index contributed by atoms with van der Waals surface area (Å²) in [6, 6.07) is 0. The van der Waals surface area contributed by atoms with E-state index in [0.29, 0.717) is 19.3 Å². The molecule has 0 radical (unpaired) electrons. The zero-order chi connectivity index (χ0) is 58.5. The van der Waals surface area contributed by atoms with Gasteiger partial charge in [-0.15, -0.1) is 0 Å². The lowest BCUT2D eigenvalue weighted by molar-refractivity contribution is -0.167. The van der Waals surface area contributed by atoms with Crippen LogP contribution in [0.3, 0.4) is 0 Å². The number of allylic oxidation sites excluding steroid dienone is 12. The summed E-state index contributed by atoms with van der Waals surface area (Å²) >= 11 is 0. The van der Waals surface area contributed by atoms with Gasteiger partial charge in [-0.1, -0.05) is 325 Å². The molecule has 6 nitrogen and oxygen atoms in total. The van der Waals surface area contributed by atoms with E-state index in [1.807, 2.05) is 0 Å². The normalized spacial score (nSPS) is 12.5. The molecule has 0 spiro atoms. The number of carbonyl (C=O) groups is 3. The Balaban J connectivity index is 4.15. The minimum atomic E-state index is -0.776. The van der Waals surface area contributed by atoms with E-state index in [1.165, 1.54) is 244 Å². The number of carbonyl (C=O) groups excluding carboxylic acids is 3. The molecule has 0 saturated carbocycles. The van der Waals surface area contributed by atoms with Crippen LogP contribution in [-0.4, -0.2) is 37.2 Å². The van der Waals surface area contributed by atoms with Gasteiger partial charge in [0.15, 0.2) is 6.10 Å². The number of unbranched alkanes of at least 4 members (excludes halogenated alkanes) is 42. The molecule has 6 heteroatoms. The number of ether oxygens (including phenoxy) is 3. The summed E-state index contributed by atoms with van der Waals surface area (Å²) in [6.45, 7) is 6.64. The van der Waals surface area contributed by atoms with Crippen molar-refractivity contribution in [3.05, 3.63) is 72.9 Å². The lowest BCUT2D eigenvalue weighted by atomic mass is 10.0. The molecule has 0 saturated heterocycles. The fraction of sp³-hybridized carbons (Fsp3) is 0.800. The van der Waals surface area contributed by atoms with Crippen LogP contribution in [0.25, 0.3) is 0 Å². The molecule has 81 heavy (non-hydrogen) atoms. The van der Waals surface area contributed by atoms with Crippen molar-refractivity contribution in [3.8, 4) is 0 Å². The van der Waals surface area contributed by atoms with E-state index >= 15 is 0 Å². The molecular formula is C75H134O6. The summed E-state index contributed by atoms with van der Waals surface area (Å²) in [5, 5.41) is 0. The maximum absolute atomic E-state index is 12.9. The molecule has 1 unspecified atom stereocenters. The fourth-order valence-electron chi connectivity index (χ4n) is 10.3. The maximum Gasteiger partial charge on any atom is 0.306 e. The van der Waals surface area contributed by atoms with Crippen molar-refractivity contribution in [2.45, 2.75) is 374 Å². The molecule has 470 valence electrons. The molecule has 0 heterocycles. The maximum atomic E-state index is 12.9. The van der Waals surface area contributed by atoms with Crippen molar-refractivity contribution in [1.82, 2.24) is 0 Å². The highest BCUT2D eigenvalue weighted by Gasteiger charge is 2.19. The van der Waals surface area contributed by atoms with Gasteiger partial charge in [0.05, 0.1) is 0 Å². The lowest BCUT2D eigenvalue weighted by Gasteiger charge is -2.18. The zero-order valence-corrected chi connectivity index (χ0v) is 54.1. The first-order valence-corrected chi connectivity index (χ1v) is 35.4. The topological polar surface area (TPSA) is 78.9 Å². The predicted octanol–water partition coefficient (Wildman–Crippen LogP) is 24.4. The van der Waals surface area contributed by atoms with Crippen LogP contribution in [0.2, 0.25) is 0 Å². The fourth-order valence-corrected chi connectivity index (χ4v) is 10.3. The smallest absolute Gasteiger partial charge is 0.306 e. The van der Waals surface area contributed by atoms with E-state index in [4.69, 9.17) is 14.2 Å². The molecule has 0 aliphatic heterocycles.